The fourth-order valence-electron chi connectivity index (χ4n) is 2.31. The van der Waals surface area contributed by atoms with E-state index < -0.39 is 12.1 Å². The van der Waals surface area contributed by atoms with Crippen molar-refractivity contribution in [2.24, 2.45) is 13.0 Å². The first kappa shape index (κ1) is 13.9. The van der Waals surface area contributed by atoms with Gasteiger partial charge in [-0.15, -0.1) is 0 Å². The van der Waals surface area contributed by atoms with Gasteiger partial charge in [-0.25, -0.2) is 4.98 Å². The molecule has 1 N–H and O–H groups in total. The van der Waals surface area contributed by atoms with Crippen LogP contribution >= 0.6 is 0 Å². The number of hydrogen-bond donors (Lipinski definition) is 1. The summed E-state index contributed by atoms with van der Waals surface area (Å²) in [4.78, 5) is 15.4. The molecule has 0 bridgehead atoms. The summed E-state index contributed by atoms with van der Waals surface area (Å²) in [6.07, 6.45) is -1.54. The third-order valence-electron chi connectivity index (χ3n) is 3.52. The van der Waals surface area contributed by atoms with Crippen LogP contribution in [0.15, 0.2) is 17.2 Å². The number of aryl methyl sites for hydroxylation is 1. The van der Waals surface area contributed by atoms with Gasteiger partial charge in [0.2, 0.25) is 0 Å². The zero-order chi connectivity index (χ0) is 14.0. The van der Waals surface area contributed by atoms with Crippen LogP contribution in [0.4, 0.5) is 19.0 Å². The summed E-state index contributed by atoms with van der Waals surface area (Å²) in [5.41, 5.74) is -0.193. The number of alkyl halides is 3. The molecule has 1 heterocycles. The highest BCUT2D eigenvalue weighted by molar-refractivity contribution is 5.33. The van der Waals surface area contributed by atoms with E-state index in [0.29, 0.717) is 18.7 Å². The molecule has 0 spiro atoms. The molecule has 1 aliphatic carbocycles. The lowest BCUT2D eigenvalue weighted by Gasteiger charge is -2.30. The molecule has 1 aromatic rings. The number of rotatable bonds is 2. The molecule has 0 unspecified atom stereocenters. The highest BCUT2D eigenvalue weighted by atomic mass is 19.4. The van der Waals surface area contributed by atoms with Crippen LogP contribution in [0.3, 0.4) is 0 Å². The molecule has 1 aromatic heterocycles. The largest absolute Gasteiger partial charge is 0.391 e. The van der Waals surface area contributed by atoms with Crippen LogP contribution in [0.2, 0.25) is 0 Å². The lowest BCUT2D eigenvalue weighted by molar-refractivity contribution is -0.182. The summed E-state index contributed by atoms with van der Waals surface area (Å²) in [7, 11) is 1.59. The van der Waals surface area contributed by atoms with E-state index in [4.69, 9.17) is 0 Å². The van der Waals surface area contributed by atoms with Gasteiger partial charge in [0.05, 0.1) is 12.2 Å². The average Bonchev–Trinajstić information content (AvgIpc) is 2.33. The van der Waals surface area contributed by atoms with Crippen molar-refractivity contribution < 1.29 is 13.2 Å². The molecule has 106 valence electrons. The van der Waals surface area contributed by atoms with Crippen LogP contribution in [0.1, 0.15) is 25.7 Å². The SMILES string of the molecule is Cn1cnc(NC2CCC(C(F)(F)F)CC2)cc1=O. The lowest BCUT2D eigenvalue weighted by Crippen LogP contribution is -2.33. The molecular formula is C12H16F3N3O. The first-order chi connectivity index (χ1) is 8.86. The molecule has 2 rings (SSSR count). The zero-order valence-corrected chi connectivity index (χ0v) is 10.6. The Kier molecular flexibility index (Phi) is 3.82. The number of nitrogens with zero attached hydrogens (tertiary/aromatic N) is 2. The molecule has 1 fully saturated rings. The topological polar surface area (TPSA) is 46.9 Å². The number of anilines is 1. The van der Waals surface area contributed by atoms with Crippen molar-refractivity contribution in [1.82, 2.24) is 9.55 Å². The molecule has 4 nitrogen and oxygen atoms in total. The Morgan fingerprint density at radius 1 is 1.32 bits per heavy atom. The minimum Gasteiger partial charge on any atom is -0.367 e. The molecule has 1 saturated carbocycles. The highest BCUT2D eigenvalue weighted by Gasteiger charge is 2.41. The Bertz CT molecular complexity index is 490. The van der Waals surface area contributed by atoms with Gasteiger partial charge in [0, 0.05) is 19.2 Å². The molecule has 0 atom stereocenters. The van der Waals surface area contributed by atoms with E-state index in [-0.39, 0.29) is 24.4 Å². The summed E-state index contributed by atoms with van der Waals surface area (Å²) in [5, 5.41) is 3.03. The van der Waals surface area contributed by atoms with Crippen LogP contribution in [0.5, 0.6) is 0 Å². The van der Waals surface area contributed by atoms with Crippen molar-refractivity contribution >= 4 is 5.82 Å². The van der Waals surface area contributed by atoms with Gasteiger partial charge in [-0.1, -0.05) is 0 Å². The minimum absolute atomic E-state index is 0.0433. The van der Waals surface area contributed by atoms with E-state index in [0.717, 1.165) is 0 Å². The molecule has 7 heteroatoms. The standard InChI is InChI=1S/C12H16F3N3O/c1-18-7-16-10(6-11(18)19)17-9-4-2-8(3-5-9)12(13,14)15/h6-9,17H,2-5H2,1H3. The number of nitrogens with one attached hydrogen (secondary N) is 1. The third kappa shape index (κ3) is 3.48. The van der Waals surface area contributed by atoms with Gasteiger partial charge in [0.25, 0.3) is 5.56 Å². The maximum Gasteiger partial charge on any atom is 0.391 e. The highest BCUT2D eigenvalue weighted by Crippen LogP contribution is 2.37. The van der Waals surface area contributed by atoms with Crippen LogP contribution in [-0.2, 0) is 7.05 Å². The van der Waals surface area contributed by atoms with E-state index in [1.54, 1.807) is 7.05 Å². The van der Waals surface area contributed by atoms with E-state index >= 15 is 0 Å². The first-order valence-electron chi connectivity index (χ1n) is 6.22. The quantitative estimate of drug-likeness (QED) is 0.901. The van der Waals surface area contributed by atoms with Crippen molar-refractivity contribution in [2.75, 3.05) is 5.32 Å². The van der Waals surface area contributed by atoms with Gasteiger partial charge < -0.3 is 9.88 Å². The van der Waals surface area contributed by atoms with E-state index in [9.17, 15) is 18.0 Å². The second-order valence-corrected chi connectivity index (χ2v) is 4.96. The van der Waals surface area contributed by atoms with Crippen LogP contribution in [0.25, 0.3) is 0 Å². The van der Waals surface area contributed by atoms with Crippen molar-refractivity contribution in [3.8, 4) is 0 Å². The number of halogens is 3. The minimum atomic E-state index is -4.09. The van der Waals surface area contributed by atoms with Crippen LogP contribution in [0, 0.1) is 5.92 Å². The molecular weight excluding hydrogens is 259 g/mol. The smallest absolute Gasteiger partial charge is 0.367 e. The average molecular weight is 275 g/mol. The Hall–Kier alpha value is -1.53. The molecule has 0 amide bonds. The second kappa shape index (κ2) is 5.22. The second-order valence-electron chi connectivity index (χ2n) is 4.96. The van der Waals surface area contributed by atoms with Gasteiger partial charge in [0.1, 0.15) is 5.82 Å². The zero-order valence-electron chi connectivity index (χ0n) is 10.6. The van der Waals surface area contributed by atoms with Gasteiger partial charge in [-0.2, -0.15) is 13.2 Å². The fourth-order valence-corrected chi connectivity index (χ4v) is 2.31. The fraction of sp³-hybridized carbons (Fsp3) is 0.667. The maximum atomic E-state index is 12.5. The van der Waals surface area contributed by atoms with Crippen LogP contribution < -0.4 is 10.9 Å². The monoisotopic (exact) mass is 275 g/mol. The van der Waals surface area contributed by atoms with Crippen molar-refractivity contribution in [2.45, 2.75) is 37.9 Å². The van der Waals surface area contributed by atoms with Gasteiger partial charge >= 0.3 is 6.18 Å². The van der Waals surface area contributed by atoms with Crippen LogP contribution in [-0.4, -0.2) is 21.8 Å². The maximum absolute atomic E-state index is 12.5. The van der Waals surface area contributed by atoms with Crippen molar-refractivity contribution in [3.05, 3.63) is 22.7 Å². The van der Waals surface area contributed by atoms with E-state index in [2.05, 4.69) is 10.3 Å². The molecule has 0 saturated heterocycles. The summed E-state index contributed by atoms with van der Waals surface area (Å²) >= 11 is 0. The first-order valence-corrected chi connectivity index (χ1v) is 6.22. The molecule has 1 aliphatic rings. The summed E-state index contributed by atoms with van der Waals surface area (Å²) in [5.74, 6) is -0.763. The third-order valence-corrected chi connectivity index (χ3v) is 3.52. The molecule has 0 aliphatic heterocycles. The number of aromatic nitrogens is 2. The lowest BCUT2D eigenvalue weighted by atomic mass is 9.85. The van der Waals surface area contributed by atoms with Gasteiger partial charge in [-0.05, 0) is 25.7 Å². The van der Waals surface area contributed by atoms with Crippen molar-refractivity contribution in [1.29, 1.82) is 0 Å². The Balaban J connectivity index is 1.92. The predicted molar refractivity (Wildman–Crippen MR) is 64.9 cm³/mol. The van der Waals surface area contributed by atoms with Crippen molar-refractivity contribution in [3.63, 3.8) is 0 Å². The van der Waals surface area contributed by atoms with E-state index in [1.807, 2.05) is 0 Å². The summed E-state index contributed by atoms with van der Waals surface area (Å²) < 4.78 is 38.9. The Morgan fingerprint density at radius 2 is 1.95 bits per heavy atom. The molecule has 0 aromatic carbocycles. The molecule has 0 radical (unpaired) electrons. The Morgan fingerprint density at radius 3 is 2.47 bits per heavy atom. The molecule has 19 heavy (non-hydrogen) atoms. The number of hydrogen-bond acceptors (Lipinski definition) is 3. The Labute approximate surface area is 108 Å². The normalized spacial score (nSPS) is 24.2. The van der Waals surface area contributed by atoms with E-state index in [1.165, 1.54) is 17.0 Å². The van der Waals surface area contributed by atoms with Gasteiger partial charge in [0.15, 0.2) is 0 Å². The van der Waals surface area contributed by atoms with Gasteiger partial charge in [-0.3, -0.25) is 4.79 Å². The predicted octanol–water partition coefficient (Wildman–Crippen LogP) is 2.31. The summed E-state index contributed by atoms with van der Waals surface area (Å²) in [6.45, 7) is 0. The summed E-state index contributed by atoms with van der Waals surface area (Å²) in [6, 6.07) is 1.31.